The van der Waals surface area contributed by atoms with Crippen molar-refractivity contribution in [3.8, 4) is 0 Å². The van der Waals surface area contributed by atoms with E-state index in [1.165, 1.54) is 34.3 Å². The molecule has 4 aliphatic heterocycles. The third-order valence-corrected chi connectivity index (χ3v) is 10.7. The maximum absolute atomic E-state index is 13.8. The number of carbonyl (C=O) groups is 2. The van der Waals surface area contributed by atoms with Crippen molar-refractivity contribution in [1.82, 2.24) is 0 Å². The number of ether oxygens (including phenoxy) is 9. The molecule has 15 heteroatoms. The van der Waals surface area contributed by atoms with Gasteiger partial charge in [0, 0.05) is 40.6 Å². The maximum atomic E-state index is 13.8. The van der Waals surface area contributed by atoms with Crippen molar-refractivity contribution in [1.29, 1.82) is 0 Å². The summed E-state index contributed by atoms with van der Waals surface area (Å²) in [6, 6.07) is 0. The van der Waals surface area contributed by atoms with Crippen LogP contribution in [-0.2, 0) is 52.2 Å². The maximum Gasteiger partial charge on any atom is 0.314 e. The van der Waals surface area contributed by atoms with E-state index in [2.05, 4.69) is 15.9 Å². The first kappa shape index (κ1) is 42.1. The molecular formula is C36H55BrO14. The Morgan fingerprint density at radius 2 is 1.51 bits per heavy atom. The molecule has 3 saturated heterocycles. The number of hydrogen-bond donors (Lipinski definition) is 3. The fourth-order valence-corrected chi connectivity index (χ4v) is 7.27. The predicted molar refractivity (Wildman–Crippen MR) is 185 cm³/mol. The topological polar surface area (TPSA) is 178 Å². The molecule has 4 rings (SSSR count). The van der Waals surface area contributed by atoms with E-state index in [9.17, 15) is 24.9 Å². The van der Waals surface area contributed by atoms with Crippen molar-refractivity contribution >= 4 is 27.7 Å². The molecule has 4 heterocycles. The van der Waals surface area contributed by atoms with E-state index in [-0.39, 0.29) is 18.6 Å². The zero-order chi connectivity index (χ0) is 37.8. The lowest BCUT2D eigenvalue weighted by Gasteiger charge is -2.50. The molecule has 0 aromatic rings. The first-order valence-corrected chi connectivity index (χ1v) is 18.2. The second-order valence-corrected chi connectivity index (χ2v) is 15.0. The standard InChI is InChI=1S/C36H55BrO14/c1-18-14-22(12-10-11-13-37)48-32(41)19(2)36(42)17-23(16-25(51-36)35(5,6)24(38)15-18)49-34-31(45-9)30(28(43-7)21(4)47-34)50-33-29(44-8)27(40)26(39)20(3)46-33/h10-13,15,19-23,25-31,33-34,39-40,42H,14,16-17H2,1-9H3. The summed E-state index contributed by atoms with van der Waals surface area (Å²) >= 11 is 3.22. The van der Waals surface area contributed by atoms with Crippen LogP contribution in [0.3, 0.4) is 0 Å². The van der Waals surface area contributed by atoms with Crippen molar-refractivity contribution in [2.24, 2.45) is 11.3 Å². The van der Waals surface area contributed by atoms with E-state index in [0.29, 0.717) is 12.0 Å². The Bertz CT molecular complexity index is 1290. The molecular weight excluding hydrogens is 736 g/mol. The monoisotopic (exact) mass is 790 g/mol. The molecule has 0 aromatic heterocycles. The van der Waals surface area contributed by atoms with Crippen molar-refractivity contribution in [2.45, 2.75) is 146 Å². The van der Waals surface area contributed by atoms with Gasteiger partial charge in [-0.25, -0.2) is 0 Å². The molecule has 0 aliphatic carbocycles. The predicted octanol–water partition coefficient (Wildman–Crippen LogP) is 2.84. The smallest absolute Gasteiger partial charge is 0.314 e. The number of aliphatic hydroxyl groups is 3. The van der Waals surface area contributed by atoms with Crippen molar-refractivity contribution < 1.29 is 67.5 Å². The molecule has 0 radical (unpaired) electrons. The van der Waals surface area contributed by atoms with Crippen molar-refractivity contribution in [2.75, 3.05) is 21.3 Å². The molecule has 290 valence electrons. The van der Waals surface area contributed by atoms with Crippen LogP contribution < -0.4 is 0 Å². The molecule has 15 unspecified atom stereocenters. The van der Waals surface area contributed by atoms with Gasteiger partial charge in [-0.2, -0.15) is 0 Å². The number of carbonyl (C=O) groups excluding carboxylic acids is 2. The molecule has 0 aromatic carbocycles. The highest BCUT2D eigenvalue weighted by molar-refractivity contribution is 9.11. The van der Waals surface area contributed by atoms with Crippen LogP contribution in [0.5, 0.6) is 0 Å². The van der Waals surface area contributed by atoms with E-state index < -0.39 is 103 Å². The van der Waals surface area contributed by atoms with Gasteiger partial charge in [0.15, 0.2) is 24.2 Å². The van der Waals surface area contributed by atoms with Gasteiger partial charge in [-0.3, -0.25) is 9.59 Å². The van der Waals surface area contributed by atoms with Gasteiger partial charge < -0.3 is 58.0 Å². The Hall–Kier alpha value is -1.60. The lowest BCUT2D eigenvalue weighted by Crippen LogP contribution is -2.65. The van der Waals surface area contributed by atoms with Gasteiger partial charge in [0.2, 0.25) is 0 Å². The Morgan fingerprint density at radius 3 is 2.14 bits per heavy atom. The highest BCUT2D eigenvalue weighted by Crippen LogP contribution is 2.44. The summed E-state index contributed by atoms with van der Waals surface area (Å²) in [6.45, 7) is 10.2. The summed E-state index contributed by atoms with van der Waals surface area (Å²) < 4.78 is 54.5. The normalized spacial score (nSPS) is 44.1. The second-order valence-electron chi connectivity index (χ2n) is 14.4. The molecule has 0 spiro atoms. The van der Waals surface area contributed by atoms with Gasteiger partial charge >= 0.3 is 5.97 Å². The quantitative estimate of drug-likeness (QED) is 0.230. The SMILES string of the molecule is COC1C(OC2C(OC)C(C)OC(OC3CC4OC(O)(C3)C(C)C(=O)OC(C=CC=CBr)CC(C)=CC(=O)C4(C)C)C2OC)OC(C)C(O)C1O. The highest BCUT2D eigenvalue weighted by atomic mass is 79.9. The average Bonchev–Trinajstić information content (AvgIpc) is 3.06. The first-order valence-electron chi connectivity index (χ1n) is 17.3. The van der Waals surface area contributed by atoms with Crippen LogP contribution in [0.4, 0.5) is 0 Å². The minimum atomic E-state index is -2.08. The molecule has 15 atom stereocenters. The van der Waals surface area contributed by atoms with Gasteiger partial charge in [-0.05, 0) is 44.8 Å². The molecule has 4 aliphatic rings. The molecule has 2 bridgehead atoms. The molecule has 0 amide bonds. The summed E-state index contributed by atoms with van der Waals surface area (Å²) in [6.07, 6.45) is -4.99. The summed E-state index contributed by atoms with van der Waals surface area (Å²) in [5.41, 5.74) is -0.417. The van der Waals surface area contributed by atoms with E-state index in [1.54, 1.807) is 57.8 Å². The largest absolute Gasteiger partial charge is 0.457 e. The van der Waals surface area contributed by atoms with Crippen LogP contribution in [0.2, 0.25) is 0 Å². The molecule has 3 N–H and O–H groups in total. The number of cyclic esters (lactones) is 1. The summed E-state index contributed by atoms with van der Waals surface area (Å²) in [5, 5.41) is 33.2. The lowest BCUT2D eigenvalue weighted by atomic mass is 9.75. The fraction of sp³-hybridized carbons (Fsp3) is 0.778. The van der Waals surface area contributed by atoms with Crippen LogP contribution in [0.1, 0.15) is 60.8 Å². The molecule has 51 heavy (non-hydrogen) atoms. The van der Waals surface area contributed by atoms with Crippen LogP contribution in [0, 0.1) is 11.3 Å². The van der Waals surface area contributed by atoms with Crippen LogP contribution in [0.25, 0.3) is 0 Å². The van der Waals surface area contributed by atoms with E-state index in [1.807, 2.05) is 0 Å². The number of esters is 1. The molecule has 14 nitrogen and oxygen atoms in total. The first-order chi connectivity index (χ1) is 24.0. The van der Waals surface area contributed by atoms with Crippen molar-refractivity contribution in [3.63, 3.8) is 0 Å². The third-order valence-electron chi connectivity index (χ3n) is 10.4. The Kier molecular flexibility index (Phi) is 14.6. The number of fused-ring (bicyclic) bond motifs is 2. The summed E-state index contributed by atoms with van der Waals surface area (Å²) in [4.78, 5) is 29.0. The van der Waals surface area contributed by atoms with Crippen molar-refractivity contribution in [3.05, 3.63) is 34.9 Å². The minimum absolute atomic E-state index is 0.158. The highest BCUT2D eigenvalue weighted by Gasteiger charge is 2.56. The number of aliphatic hydroxyl groups excluding tert-OH is 2. The number of rotatable bonds is 9. The lowest BCUT2D eigenvalue weighted by molar-refractivity contribution is -0.373. The minimum Gasteiger partial charge on any atom is -0.457 e. The number of methoxy groups -OCH3 is 3. The number of allylic oxidation sites excluding steroid dienone is 3. The van der Waals surface area contributed by atoms with E-state index in [0.717, 1.165) is 0 Å². The number of halogens is 1. The van der Waals surface area contributed by atoms with Gasteiger partial charge in [0.1, 0.15) is 48.6 Å². The Labute approximate surface area is 308 Å². The summed E-state index contributed by atoms with van der Waals surface area (Å²) in [7, 11) is 4.33. The molecule has 0 saturated carbocycles. The third kappa shape index (κ3) is 9.38. The van der Waals surface area contributed by atoms with Gasteiger partial charge in [0.05, 0.1) is 29.8 Å². The number of ketones is 1. The Balaban J connectivity index is 1.65. The van der Waals surface area contributed by atoms with Crippen LogP contribution >= 0.6 is 15.9 Å². The fourth-order valence-electron chi connectivity index (χ4n) is 7.09. The number of hydrogen-bond acceptors (Lipinski definition) is 14. The van der Waals surface area contributed by atoms with Crippen LogP contribution in [0.15, 0.2) is 34.9 Å². The van der Waals surface area contributed by atoms with Crippen LogP contribution in [-0.4, -0.2) is 134 Å². The van der Waals surface area contributed by atoms with Gasteiger partial charge in [0.25, 0.3) is 0 Å². The zero-order valence-corrected chi connectivity index (χ0v) is 32.4. The zero-order valence-electron chi connectivity index (χ0n) is 30.8. The second kappa shape index (κ2) is 17.7. The van der Waals surface area contributed by atoms with Gasteiger partial charge in [-0.1, -0.05) is 47.5 Å². The van der Waals surface area contributed by atoms with E-state index in [4.69, 9.17) is 42.6 Å². The molecule has 3 fully saturated rings. The van der Waals surface area contributed by atoms with Gasteiger partial charge in [-0.15, -0.1) is 0 Å². The van der Waals surface area contributed by atoms with E-state index >= 15 is 0 Å². The summed E-state index contributed by atoms with van der Waals surface area (Å²) in [5.74, 6) is -4.14. The average molecular weight is 792 g/mol. The Morgan fingerprint density at radius 1 is 0.882 bits per heavy atom.